The number of methoxy groups -OCH3 is 2. The third kappa shape index (κ3) is 5.41. The summed E-state index contributed by atoms with van der Waals surface area (Å²) >= 11 is 0. The predicted molar refractivity (Wildman–Crippen MR) is 168 cm³/mol. The zero-order valence-corrected chi connectivity index (χ0v) is 23.7. The normalized spacial score (nSPS) is 14.3. The summed E-state index contributed by atoms with van der Waals surface area (Å²) in [7, 11) is 3.36. The maximum atomic E-state index is 14.3. The highest BCUT2D eigenvalue weighted by Crippen LogP contribution is 2.44. The van der Waals surface area contributed by atoms with Crippen molar-refractivity contribution in [1.82, 2.24) is 5.01 Å². The monoisotopic (exact) mass is 552 g/mol. The summed E-state index contributed by atoms with van der Waals surface area (Å²) in [6.45, 7) is 0.397. The van der Waals surface area contributed by atoms with E-state index in [2.05, 4.69) is 36.4 Å². The van der Waals surface area contributed by atoms with Crippen LogP contribution in [0.5, 0.6) is 11.5 Å². The number of hydrogen-bond donors (Lipinski definition) is 0. The molecule has 5 aromatic carbocycles. The van der Waals surface area contributed by atoms with Crippen molar-refractivity contribution < 1.29 is 14.3 Å². The third-order valence-electron chi connectivity index (χ3n) is 7.74. The van der Waals surface area contributed by atoms with Crippen molar-refractivity contribution in [3.05, 3.63) is 144 Å². The van der Waals surface area contributed by atoms with Crippen LogP contribution in [0, 0.1) is 0 Å². The first kappa shape index (κ1) is 27.0. The van der Waals surface area contributed by atoms with Crippen LogP contribution in [0.1, 0.15) is 28.2 Å². The Labute approximate surface area is 246 Å². The maximum absolute atomic E-state index is 14.3. The molecule has 0 radical (unpaired) electrons. The summed E-state index contributed by atoms with van der Waals surface area (Å²) in [6.07, 6.45) is 2.38. The summed E-state index contributed by atoms with van der Waals surface area (Å²) in [6, 6.07) is 40.4. The zero-order chi connectivity index (χ0) is 28.9. The van der Waals surface area contributed by atoms with Gasteiger partial charge in [-0.3, -0.25) is 4.79 Å². The van der Waals surface area contributed by atoms with E-state index in [9.17, 15) is 4.79 Å². The molecule has 0 spiro atoms. The van der Waals surface area contributed by atoms with Gasteiger partial charge in [-0.1, -0.05) is 97.1 Å². The van der Waals surface area contributed by atoms with Gasteiger partial charge in [-0.25, -0.2) is 5.01 Å². The molecule has 1 aliphatic heterocycles. The van der Waals surface area contributed by atoms with Gasteiger partial charge in [0.25, 0.3) is 5.91 Å². The van der Waals surface area contributed by atoms with Crippen LogP contribution in [0.4, 0.5) is 0 Å². The highest BCUT2D eigenvalue weighted by Gasteiger charge is 2.32. The molecule has 0 fully saturated rings. The lowest BCUT2D eigenvalue weighted by atomic mass is 9.83. The van der Waals surface area contributed by atoms with Gasteiger partial charge in [0.1, 0.15) is 11.5 Å². The van der Waals surface area contributed by atoms with E-state index < -0.39 is 5.92 Å². The minimum Gasteiger partial charge on any atom is -0.496 e. The van der Waals surface area contributed by atoms with Crippen molar-refractivity contribution in [2.75, 3.05) is 14.2 Å². The Bertz CT molecular complexity index is 1730. The third-order valence-corrected chi connectivity index (χ3v) is 7.74. The molecule has 0 N–H and O–H groups in total. The van der Waals surface area contributed by atoms with Crippen molar-refractivity contribution in [3.63, 3.8) is 0 Å². The summed E-state index contributed by atoms with van der Waals surface area (Å²) in [4.78, 5) is 14.3. The topological polar surface area (TPSA) is 51.1 Å². The Morgan fingerprint density at radius 1 is 0.643 bits per heavy atom. The first-order valence-electron chi connectivity index (χ1n) is 14.0. The van der Waals surface area contributed by atoms with Gasteiger partial charge in [-0.05, 0) is 64.1 Å². The fourth-order valence-corrected chi connectivity index (χ4v) is 5.65. The quantitative estimate of drug-likeness (QED) is 0.198. The van der Waals surface area contributed by atoms with Gasteiger partial charge in [-0.15, -0.1) is 0 Å². The number of hydrogen-bond acceptors (Lipinski definition) is 4. The Kier molecular flexibility index (Phi) is 7.82. The van der Waals surface area contributed by atoms with Gasteiger partial charge in [0, 0.05) is 11.1 Å². The molecule has 5 heteroatoms. The minimum atomic E-state index is -0.436. The fraction of sp³-hybridized carbons (Fsp3) is 0.135. The Balaban J connectivity index is 1.57. The SMILES string of the molecule is COc1ccccc1-c1cc2c(cc1-c1ccccc1OC)C(Cc1ccccc1)C(=O)N(Cc1ccccc1)N=C2. The van der Waals surface area contributed by atoms with E-state index >= 15 is 0 Å². The van der Waals surface area contributed by atoms with E-state index in [-0.39, 0.29) is 5.91 Å². The molecule has 1 unspecified atom stereocenters. The van der Waals surface area contributed by atoms with Gasteiger partial charge >= 0.3 is 0 Å². The van der Waals surface area contributed by atoms with Crippen molar-refractivity contribution >= 4 is 12.1 Å². The van der Waals surface area contributed by atoms with E-state index in [1.807, 2.05) is 91.1 Å². The van der Waals surface area contributed by atoms with Gasteiger partial charge in [0.05, 0.1) is 32.9 Å². The second kappa shape index (κ2) is 12.1. The number of fused-ring (bicyclic) bond motifs is 1. The smallest absolute Gasteiger partial charge is 0.250 e. The number of carbonyl (C=O) groups excluding carboxylic acids is 1. The van der Waals surface area contributed by atoms with Crippen LogP contribution in [0.15, 0.2) is 126 Å². The average molecular weight is 553 g/mol. The largest absolute Gasteiger partial charge is 0.496 e. The lowest BCUT2D eigenvalue weighted by molar-refractivity contribution is -0.133. The van der Waals surface area contributed by atoms with Crippen molar-refractivity contribution in [3.8, 4) is 33.8 Å². The molecule has 1 atom stereocenters. The Morgan fingerprint density at radius 2 is 1.17 bits per heavy atom. The molecule has 5 aromatic rings. The molecule has 208 valence electrons. The van der Waals surface area contributed by atoms with Crippen LogP contribution >= 0.6 is 0 Å². The Morgan fingerprint density at radius 3 is 1.76 bits per heavy atom. The summed E-state index contributed by atoms with van der Waals surface area (Å²) in [5.41, 5.74) is 7.79. The molecule has 6 rings (SSSR count). The molecule has 1 amide bonds. The second-order valence-corrected chi connectivity index (χ2v) is 10.3. The van der Waals surface area contributed by atoms with Gasteiger partial charge in [-0.2, -0.15) is 5.10 Å². The summed E-state index contributed by atoms with van der Waals surface area (Å²) in [5, 5.41) is 6.35. The molecule has 0 saturated carbocycles. The van der Waals surface area contributed by atoms with E-state index in [1.165, 1.54) is 0 Å². The molecule has 0 bridgehead atoms. The van der Waals surface area contributed by atoms with Crippen LogP contribution < -0.4 is 9.47 Å². The van der Waals surface area contributed by atoms with Crippen LogP contribution in [-0.2, 0) is 17.8 Å². The van der Waals surface area contributed by atoms with E-state index in [0.717, 1.165) is 56.0 Å². The lowest BCUT2D eigenvalue weighted by Crippen LogP contribution is -2.30. The van der Waals surface area contributed by atoms with E-state index in [1.54, 1.807) is 19.2 Å². The fourth-order valence-electron chi connectivity index (χ4n) is 5.65. The number of nitrogens with zero attached hydrogens (tertiary/aromatic N) is 2. The average Bonchev–Trinajstić information content (AvgIpc) is 3.17. The molecule has 42 heavy (non-hydrogen) atoms. The number of ether oxygens (including phenoxy) is 2. The number of para-hydroxylation sites is 2. The number of amides is 1. The number of hydrazone groups is 1. The van der Waals surface area contributed by atoms with Crippen LogP contribution in [0.2, 0.25) is 0 Å². The maximum Gasteiger partial charge on any atom is 0.250 e. The molecule has 5 nitrogen and oxygen atoms in total. The van der Waals surface area contributed by atoms with E-state index in [4.69, 9.17) is 14.6 Å². The van der Waals surface area contributed by atoms with Gasteiger partial charge in [0.2, 0.25) is 0 Å². The van der Waals surface area contributed by atoms with Gasteiger partial charge in [0.15, 0.2) is 0 Å². The number of benzene rings is 5. The molecule has 0 saturated heterocycles. The highest BCUT2D eigenvalue weighted by atomic mass is 16.5. The summed E-state index contributed by atoms with van der Waals surface area (Å²) in [5.74, 6) is 1.05. The van der Waals surface area contributed by atoms with Crippen molar-refractivity contribution in [1.29, 1.82) is 0 Å². The molecule has 1 aliphatic rings. The lowest BCUT2D eigenvalue weighted by Gasteiger charge is -2.24. The first-order chi connectivity index (χ1) is 20.7. The molecule has 0 aliphatic carbocycles. The first-order valence-corrected chi connectivity index (χ1v) is 14.0. The minimum absolute atomic E-state index is 0.0336. The highest BCUT2D eigenvalue weighted by molar-refractivity contribution is 5.98. The van der Waals surface area contributed by atoms with Crippen LogP contribution in [-0.4, -0.2) is 31.4 Å². The second-order valence-electron chi connectivity index (χ2n) is 10.3. The number of rotatable bonds is 8. The molecule has 1 heterocycles. The van der Waals surface area contributed by atoms with Crippen LogP contribution in [0.3, 0.4) is 0 Å². The Hall–Kier alpha value is -5.16. The van der Waals surface area contributed by atoms with Crippen molar-refractivity contribution in [2.24, 2.45) is 5.10 Å². The van der Waals surface area contributed by atoms with Crippen molar-refractivity contribution in [2.45, 2.75) is 18.9 Å². The molecular weight excluding hydrogens is 520 g/mol. The standard InChI is InChI=1S/C37H32N2O3/c1-41-35-19-11-9-17-29(35)32-22-28-24-38-39(25-27-15-7-4-8-16-27)37(40)34(21-26-13-5-3-6-14-26)31(28)23-33(32)30-18-10-12-20-36(30)42-2/h3-20,22-24,34H,21,25H2,1-2H3. The van der Waals surface area contributed by atoms with Gasteiger partial charge < -0.3 is 9.47 Å². The molecular formula is C37H32N2O3. The summed E-state index contributed by atoms with van der Waals surface area (Å²) < 4.78 is 11.6. The predicted octanol–water partition coefficient (Wildman–Crippen LogP) is 7.74. The van der Waals surface area contributed by atoms with E-state index in [0.29, 0.717) is 13.0 Å². The number of carbonyl (C=O) groups is 1. The van der Waals surface area contributed by atoms with Crippen LogP contribution in [0.25, 0.3) is 22.3 Å². The molecule has 0 aromatic heterocycles. The zero-order valence-electron chi connectivity index (χ0n) is 23.7.